The summed E-state index contributed by atoms with van der Waals surface area (Å²) in [5.41, 5.74) is 3.56. The maximum Gasteiger partial charge on any atom is 0.129 e. The highest BCUT2D eigenvalue weighted by Crippen LogP contribution is 2.43. The van der Waals surface area contributed by atoms with Gasteiger partial charge in [0.25, 0.3) is 0 Å². The molecule has 0 radical (unpaired) electrons. The quantitative estimate of drug-likeness (QED) is 0.0111. The third kappa shape index (κ3) is 34.9. The van der Waals surface area contributed by atoms with Crippen molar-refractivity contribution in [3.63, 3.8) is 0 Å². The van der Waals surface area contributed by atoms with Crippen LogP contribution < -0.4 is 18.9 Å². The first kappa shape index (κ1) is 91.6. The van der Waals surface area contributed by atoms with Crippen molar-refractivity contribution >= 4 is 22.8 Å². The van der Waals surface area contributed by atoms with Crippen molar-refractivity contribution in [2.75, 3.05) is 26.4 Å². The monoisotopic (exact) mass is 1510 g/mol. The molecule has 4 heterocycles. The number of nitrogens with zero attached hydrogens (tertiary/aromatic N) is 4. The molecule has 0 amide bonds. The number of hydrogen-bond acceptors (Lipinski definition) is 20. The van der Waals surface area contributed by atoms with E-state index in [1.165, 1.54) is 186 Å². The Morgan fingerprint density at radius 1 is 0.241 bits per heavy atom. The van der Waals surface area contributed by atoms with Gasteiger partial charge in [-0.05, 0) is 178 Å². The van der Waals surface area contributed by atoms with E-state index in [1.54, 1.807) is 72.8 Å². The van der Waals surface area contributed by atoms with Crippen molar-refractivity contribution in [1.29, 1.82) is 0 Å². The fourth-order valence-electron chi connectivity index (χ4n) is 15.3. The molecule has 4 aliphatic rings. The Hall–Kier alpha value is -7.00. The number of aromatic hydroxyl groups is 4. The predicted molar refractivity (Wildman–Crippen MR) is 432 cm³/mol. The molecule has 4 atom stereocenters. The smallest absolute Gasteiger partial charge is 0.129 e. The molecule has 4 unspecified atom stereocenters. The van der Waals surface area contributed by atoms with E-state index in [4.69, 9.17) is 39.4 Å². The maximum atomic E-state index is 9.67. The SMILES string of the molecule is CC1(CCCCCCCCCCCCCCO)CC(=NO)c2cc(O)ccc2O1.CC1(CCCCCCCCCCCCCO)CC(=NO)c2cc(O)ccc2O1.CC1(CCCCCCCCCCCO)CC(=NO)c2cc(O)ccc2O1.CC1(CCCCCCCCCCO)CC(=NO)c2cc(O)ccc2O1. The van der Waals surface area contributed by atoms with Gasteiger partial charge in [0.2, 0.25) is 0 Å². The summed E-state index contributed by atoms with van der Waals surface area (Å²) in [5.74, 6) is 3.30. The highest BCUT2D eigenvalue weighted by atomic mass is 16.5. The van der Waals surface area contributed by atoms with E-state index in [-0.39, 0.29) is 45.4 Å². The van der Waals surface area contributed by atoms with Crippen molar-refractivity contribution in [2.45, 2.75) is 358 Å². The fourth-order valence-corrected chi connectivity index (χ4v) is 15.3. The molecule has 0 aromatic heterocycles. The highest BCUT2D eigenvalue weighted by molar-refractivity contribution is 6.06. The second-order valence-electron chi connectivity index (χ2n) is 31.9. The molecule has 20 heteroatoms. The number of aliphatic hydroxyl groups excluding tert-OH is 4. The van der Waals surface area contributed by atoms with Gasteiger partial charge in [-0.1, -0.05) is 226 Å². The Morgan fingerprint density at radius 3 is 0.537 bits per heavy atom. The molecule has 0 fully saturated rings. The lowest BCUT2D eigenvalue weighted by Crippen LogP contribution is -2.39. The maximum absolute atomic E-state index is 9.67. The molecule has 4 aromatic carbocycles. The molecule has 0 spiro atoms. The molecule has 0 bridgehead atoms. The van der Waals surface area contributed by atoms with Crippen LogP contribution in [0.25, 0.3) is 0 Å². The van der Waals surface area contributed by atoms with Gasteiger partial charge in [0.1, 0.15) is 68.4 Å². The van der Waals surface area contributed by atoms with Gasteiger partial charge >= 0.3 is 0 Å². The summed E-state index contributed by atoms with van der Waals surface area (Å²) in [6, 6.07) is 19.7. The molecular formula is C88H140N4O16. The van der Waals surface area contributed by atoms with E-state index < -0.39 is 0 Å². The molecule has 0 aliphatic carbocycles. The summed E-state index contributed by atoms with van der Waals surface area (Å²) in [6.07, 6.45) is 54.0. The molecule has 4 aromatic rings. The standard InChI is InChI=1S/C24H39NO4.C23H37NO4.C21H33NO4.C20H31NO4/c1-24(19-22(25-28)21-18-20(27)14-15-23(21)29-24)16-12-10-8-6-4-2-3-5-7-9-11-13-17-26;1-23(15-11-9-7-5-3-2-4-6-8-10-12-16-25)18-21(24-27)20-17-19(26)13-14-22(20)28-23;1-21(13-9-7-5-3-2-4-6-8-10-14-23)16-19(22-25)18-15-17(24)11-12-20(18)26-21;1-20(12-8-6-4-2-3-5-7-9-13-22)15-18(21-24)17-14-16(23)10-11-19(17)25-20/h14-15,18,26-28H,2-13,16-17,19H2,1H3;13-14,17,25-27H,2-12,15-16,18H2,1H3;11-12,15,23-25H,2-10,13-14,16H2,1H3;10-11,14,22-24H,2-9,12-13,15H2,1H3. The average molecular weight is 1510 g/mol. The minimum absolute atomic E-state index is 0.145. The average Bonchev–Trinajstić information content (AvgIpc) is 0.807. The van der Waals surface area contributed by atoms with E-state index >= 15 is 0 Å². The Bertz CT molecular complexity index is 3250. The zero-order valence-electron chi connectivity index (χ0n) is 66.5. The number of fused-ring (bicyclic) bond motifs is 4. The topological polar surface area (TPSA) is 329 Å². The molecule has 0 saturated heterocycles. The lowest BCUT2D eigenvalue weighted by molar-refractivity contribution is 0.0760. The molecule has 8 rings (SSSR count). The highest BCUT2D eigenvalue weighted by Gasteiger charge is 2.39. The number of oxime groups is 4. The largest absolute Gasteiger partial charge is 0.508 e. The van der Waals surface area contributed by atoms with E-state index in [9.17, 15) is 41.3 Å². The van der Waals surface area contributed by atoms with Gasteiger partial charge in [0.05, 0.1) is 22.8 Å². The number of phenols is 4. The number of aliphatic hydroxyl groups is 4. The van der Waals surface area contributed by atoms with Gasteiger partial charge < -0.3 is 80.6 Å². The summed E-state index contributed by atoms with van der Waals surface area (Å²) < 4.78 is 24.7. The Morgan fingerprint density at radius 2 is 0.389 bits per heavy atom. The second-order valence-corrected chi connectivity index (χ2v) is 31.9. The Kier molecular flexibility index (Phi) is 44.3. The summed E-state index contributed by atoms with van der Waals surface area (Å²) in [5, 5.41) is 125. The molecule has 0 saturated carbocycles. The van der Waals surface area contributed by atoms with Crippen molar-refractivity contribution < 1.29 is 80.6 Å². The normalized spacial score (nSPS) is 20.4. The Labute approximate surface area is 646 Å². The van der Waals surface area contributed by atoms with Gasteiger partial charge in [-0.15, -0.1) is 0 Å². The first-order valence-electron chi connectivity index (χ1n) is 41.7. The summed E-state index contributed by atoms with van der Waals surface area (Å²) in [6.45, 7) is 9.56. The van der Waals surface area contributed by atoms with E-state index in [2.05, 4.69) is 48.3 Å². The summed E-state index contributed by atoms with van der Waals surface area (Å²) in [4.78, 5) is 0. The van der Waals surface area contributed by atoms with Gasteiger partial charge in [-0.3, -0.25) is 0 Å². The minimum atomic E-state index is -0.368. The number of rotatable bonds is 48. The summed E-state index contributed by atoms with van der Waals surface area (Å²) >= 11 is 0. The van der Waals surface area contributed by atoms with Gasteiger partial charge in [0.15, 0.2) is 0 Å². The van der Waals surface area contributed by atoms with Crippen molar-refractivity contribution in [2.24, 2.45) is 20.6 Å². The van der Waals surface area contributed by atoms with Crippen LogP contribution >= 0.6 is 0 Å². The number of unbranched alkanes of at least 4 members (excludes halogenated alkanes) is 36. The third-order valence-corrected chi connectivity index (χ3v) is 21.6. The van der Waals surface area contributed by atoms with Gasteiger partial charge in [-0.2, -0.15) is 0 Å². The van der Waals surface area contributed by atoms with Crippen LogP contribution in [-0.2, 0) is 0 Å². The minimum Gasteiger partial charge on any atom is -0.508 e. The van der Waals surface area contributed by atoms with Crippen molar-refractivity contribution in [3.8, 4) is 46.0 Å². The van der Waals surface area contributed by atoms with Crippen LogP contribution in [0.1, 0.15) is 358 Å². The lowest BCUT2D eigenvalue weighted by Gasteiger charge is -2.36. The Balaban J connectivity index is 0.000000258. The first-order chi connectivity index (χ1) is 52.3. The second kappa shape index (κ2) is 52.2. The fraction of sp³-hybridized carbons (Fsp3) is 0.682. The van der Waals surface area contributed by atoms with Crippen LogP contribution in [0.2, 0.25) is 0 Å². The number of hydrogen-bond donors (Lipinski definition) is 12. The van der Waals surface area contributed by atoms with Crippen molar-refractivity contribution in [3.05, 3.63) is 95.1 Å². The zero-order chi connectivity index (χ0) is 78.1. The first-order valence-corrected chi connectivity index (χ1v) is 41.7. The van der Waals surface area contributed by atoms with E-state index in [1.807, 2.05) is 0 Å². The third-order valence-electron chi connectivity index (χ3n) is 21.6. The number of ether oxygens (including phenoxy) is 4. The molecule has 12 N–H and O–H groups in total. The molecular weight excluding hydrogens is 1370 g/mol. The van der Waals surface area contributed by atoms with Gasteiger partial charge in [-0.25, -0.2) is 0 Å². The van der Waals surface area contributed by atoms with Crippen LogP contribution in [-0.4, -0.2) is 133 Å². The molecule has 608 valence electrons. The zero-order valence-corrected chi connectivity index (χ0v) is 66.5. The number of benzene rings is 4. The van der Waals surface area contributed by atoms with Crippen LogP contribution in [0.15, 0.2) is 93.4 Å². The van der Waals surface area contributed by atoms with Crippen LogP contribution in [0.5, 0.6) is 46.0 Å². The molecule has 108 heavy (non-hydrogen) atoms. The van der Waals surface area contributed by atoms with Crippen LogP contribution in [0, 0.1) is 0 Å². The number of phenolic OH excluding ortho intramolecular Hbond substituents is 4. The molecule has 20 nitrogen and oxygen atoms in total. The van der Waals surface area contributed by atoms with Crippen LogP contribution in [0.3, 0.4) is 0 Å². The lowest BCUT2D eigenvalue weighted by atomic mass is 9.86. The van der Waals surface area contributed by atoms with Gasteiger partial charge in [0, 0.05) is 74.4 Å². The van der Waals surface area contributed by atoms with E-state index in [0.29, 0.717) is 120 Å². The predicted octanol–water partition coefficient (Wildman–Crippen LogP) is 21.6. The van der Waals surface area contributed by atoms with Crippen LogP contribution in [0.4, 0.5) is 0 Å². The summed E-state index contributed by atoms with van der Waals surface area (Å²) in [7, 11) is 0. The van der Waals surface area contributed by atoms with Crippen molar-refractivity contribution in [1.82, 2.24) is 0 Å². The molecule has 4 aliphatic heterocycles. The van der Waals surface area contributed by atoms with E-state index in [0.717, 1.165) is 96.3 Å².